The summed E-state index contributed by atoms with van der Waals surface area (Å²) >= 11 is 0. The van der Waals surface area contributed by atoms with E-state index in [9.17, 15) is 31.4 Å². The van der Waals surface area contributed by atoms with Gasteiger partial charge in [-0.2, -0.15) is 26.3 Å². The second-order valence-corrected chi connectivity index (χ2v) is 10.7. The summed E-state index contributed by atoms with van der Waals surface area (Å²) in [6, 6.07) is 16.5. The number of aromatic nitrogens is 2. The van der Waals surface area contributed by atoms with Gasteiger partial charge in [-0.3, -0.25) is 4.90 Å². The van der Waals surface area contributed by atoms with Crippen molar-refractivity contribution in [1.29, 1.82) is 0 Å². The van der Waals surface area contributed by atoms with E-state index in [-0.39, 0.29) is 18.0 Å². The van der Waals surface area contributed by atoms with Crippen LogP contribution in [-0.2, 0) is 31.7 Å². The highest BCUT2D eigenvalue weighted by molar-refractivity contribution is 5.61. The molecule has 11 heteroatoms. The topological polar surface area (TPSA) is 62.4 Å². The van der Waals surface area contributed by atoms with Crippen molar-refractivity contribution >= 4 is 0 Å². The summed E-state index contributed by atoms with van der Waals surface area (Å²) in [6.07, 6.45) is -7.79. The highest BCUT2D eigenvalue weighted by Gasteiger charge is 2.38. The van der Waals surface area contributed by atoms with Crippen molar-refractivity contribution in [1.82, 2.24) is 15.1 Å². The quantitative estimate of drug-likeness (QED) is 0.190. The minimum atomic E-state index is -4.99. The monoisotopic (exact) mass is 575 g/mol. The predicted molar refractivity (Wildman–Crippen MR) is 139 cm³/mol. The van der Waals surface area contributed by atoms with Gasteiger partial charge in [0, 0.05) is 23.7 Å². The standard InChI is InChI=1S/C30H27F6N3O2/c1-28(2,40)39(17-18-6-4-3-5-7-18)25-11-10-19-8-9-20(12-21(19)15-25)26-37-38-27(41-26)22-13-23(29(31,32)33)16-24(14-22)30(34,35)36/h3-9,12-14,16,25,40H,10-11,15,17H2,1-2H3/t25-/m0/s1. The number of halogens is 6. The molecule has 1 atom stereocenters. The molecular formula is C30H27F6N3O2. The van der Waals surface area contributed by atoms with E-state index in [2.05, 4.69) is 15.1 Å². The van der Waals surface area contributed by atoms with E-state index < -0.39 is 40.7 Å². The molecule has 1 aliphatic carbocycles. The fourth-order valence-electron chi connectivity index (χ4n) is 5.22. The summed E-state index contributed by atoms with van der Waals surface area (Å²) in [6.45, 7) is 4.05. The van der Waals surface area contributed by atoms with Gasteiger partial charge in [-0.05, 0) is 80.1 Å². The SMILES string of the molecule is CC(C)(O)N(Cc1ccccc1)[C@H]1CCc2ccc(-c3nnc(-c4cc(C(F)(F)F)cc(C(F)(F)F)c4)o3)cc2C1. The molecule has 4 aromatic rings. The largest absolute Gasteiger partial charge is 0.416 e. The summed E-state index contributed by atoms with van der Waals surface area (Å²) in [5.74, 6) is -0.484. The second kappa shape index (κ2) is 10.6. The van der Waals surface area contributed by atoms with Gasteiger partial charge in [-0.15, -0.1) is 10.2 Å². The number of fused-ring (bicyclic) bond motifs is 1. The van der Waals surface area contributed by atoms with Crippen molar-refractivity contribution < 1.29 is 35.9 Å². The zero-order valence-electron chi connectivity index (χ0n) is 22.2. The lowest BCUT2D eigenvalue weighted by molar-refractivity contribution is -0.143. The Bertz CT molecular complexity index is 1490. The molecule has 216 valence electrons. The smallest absolute Gasteiger partial charge is 0.416 e. The number of aryl methyl sites for hydroxylation is 1. The first-order chi connectivity index (χ1) is 19.2. The molecule has 41 heavy (non-hydrogen) atoms. The molecule has 0 radical (unpaired) electrons. The van der Waals surface area contributed by atoms with E-state index in [4.69, 9.17) is 4.42 Å². The van der Waals surface area contributed by atoms with Gasteiger partial charge in [0.2, 0.25) is 11.8 Å². The van der Waals surface area contributed by atoms with Gasteiger partial charge in [-0.25, -0.2) is 0 Å². The molecule has 5 nitrogen and oxygen atoms in total. The van der Waals surface area contributed by atoms with Gasteiger partial charge >= 0.3 is 12.4 Å². The number of nitrogens with zero attached hydrogens (tertiary/aromatic N) is 3. The molecule has 5 rings (SSSR count). The third-order valence-corrected chi connectivity index (χ3v) is 7.25. The average Bonchev–Trinajstić information content (AvgIpc) is 3.40. The van der Waals surface area contributed by atoms with Gasteiger partial charge in [0.25, 0.3) is 0 Å². The van der Waals surface area contributed by atoms with E-state index in [1.54, 1.807) is 19.9 Å². The van der Waals surface area contributed by atoms with Crippen LogP contribution < -0.4 is 0 Å². The van der Waals surface area contributed by atoms with Gasteiger partial charge in [0.1, 0.15) is 5.72 Å². The maximum Gasteiger partial charge on any atom is 0.416 e. The molecule has 1 N–H and O–H groups in total. The van der Waals surface area contributed by atoms with Crippen LogP contribution in [0, 0.1) is 0 Å². The lowest BCUT2D eigenvalue weighted by Crippen LogP contribution is -2.51. The normalized spacial score (nSPS) is 16.2. The molecule has 0 saturated carbocycles. The maximum absolute atomic E-state index is 13.3. The molecule has 0 amide bonds. The fourth-order valence-corrected chi connectivity index (χ4v) is 5.22. The van der Waals surface area contributed by atoms with Crippen LogP contribution in [0.3, 0.4) is 0 Å². The molecule has 1 aromatic heterocycles. The van der Waals surface area contributed by atoms with Crippen molar-refractivity contribution in [3.05, 3.63) is 94.5 Å². The zero-order valence-corrected chi connectivity index (χ0v) is 22.2. The number of rotatable bonds is 6. The molecule has 0 aliphatic heterocycles. The maximum atomic E-state index is 13.3. The molecule has 0 saturated heterocycles. The molecule has 0 unspecified atom stereocenters. The Hall–Kier alpha value is -3.70. The number of benzene rings is 3. The van der Waals surface area contributed by atoms with Crippen molar-refractivity contribution in [2.45, 2.75) is 63.8 Å². The summed E-state index contributed by atoms with van der Waals surface area (Å²) < 4.78 is 85.5. The van der Waals surface area contributed by atoms with Crippen LogP contribution >= 0.6 is 0 Å². The van der Waals surface area contributed by atoms with Crippen LogP contribution in [0.15, 0.2) is 71.1 Å². The molecule has 1 aliphatic rings. The lowest BCUT2D eigenvalue weighted by atomic mass is 9.85. The third kappa shape index (κ3) is 6.46. The molecule has 0 bridgehead atoms. The average molecular weight is 576 g/mol. The molecule has 0 spiro atoms. The van der Waals surface area contributed by atoms with E-state index in [0.29, 0.717) is 30.7 Å². The first kappa shape index (κ1) is 28.8. The van der Waals surface area contributed by atoms with Crippen LogP contribution in [0.1, 0.15) is 48.1 Å². The highest BCUT2D eigenvalue weighted by atomic mass is 19.4. The number of hydrogen-bond acceptors (Lipinski definition) is 5. The van der Waals surface area contributed by atoms with Crippen LogP contribution in [0.25, 0.3) is 22.9 Å². The first-order valence-electron chi connectivity index (χ1n) is 13.0. The zero-order chi connectivity index (χ0) is 29.6. The minimum absolute atomic E-state index is 0.0158. The summed E-state index contributed by atoms with van der Waals surface area (Å²) in [5.41, 5.74) is -0.850. The van der Waals surface area contributed by atoms with Crippen molar-refractivity contribution in [3.63, 3.8) is 0 Å². The second-order valence-electron chi connectivity index (χ2n) is 10.7. The summed E-state index contributed by atoms with van der Waals surface area (Å²) in [5, 5.41) is 18.6. The molecular weight excluding hydrogens is 548 g/mol. The van der Waals surface area contributed by atoms with Crippen LogP contribution in [0.5, 0.6) is 0 Å². The van der Waals surface area contributed by atoms with E-state index in [1.165, 1.54) is 0 Å². The predicted octanol–water partition coefficient (Wildman–Crippen LogP) is 7.53. The Labute approximate surface area is 232 Å². The fraction of sp³-hybridized carbons (Fsp3) is 0.333. The molecule has 1 heterocycles. The third-order valence-electron chi connectivity index (χ3n) is 7.25. The van der Waals surface area contributed by atoms with Gasteiger partial charge in [0.15, 0.2) is 0 Å². The Morgan fingerprint density at radius 3 is 2.00 bits per heavy atom. The Balaban J connectivity index is 1.43. The van der Waals surface area contributed by atoms with Crippen molar-refractivity contribution in [2.75, 3.05) is 0 Å². The van der Waals surface area contributed by atoms with Gasteiger partial charge < -0.3 is 9.52 Å². The Morgan fingerprint density at radius 1 is 0.805 bits per heavy atom. The number of aliphatic hydroxyl groups is 1. The molecule has 3 aromatic carbocycles. The lowest BCUT2D eigenvalue weighted by Gasteiger charge is -2.42. The minimum Gasteiger partial charge on any atom is -0.416 e. The van der Waals surface area contributed by atoms with E-state index in [0.717, 1.165) is 29.5 Å². The first-order valence-corrected chi connectivity index (χ1v) is 13.0. The van der Waals surface area contributed by atoms with Crippen molar-refractivity contribution in [3.8, 4) is 22.9 Å². The Morgan fingerprint density at radius 2 is 1.41 bits per heavy atom. The van der Waals surface area contributed by atoms with E-state index in [1.807, 2.05) is 42.5 Å². The summed E-state index contributed by atoms with van der Waals surface area (Å²) in [7, 11) is 0. The van der Waals surface area contributed by atoms with Crippen LogP contribution in [0.2, 0.25) is 0 Å². The number of hydrogen-bond donors (Lipinski definition) is 1. The van der Waals surface area contributed by atoms with Gasteiger partial charge in [0.05, 0.1) is 11.1 Å². The van der Waals surface area contributed by atoms with Crippen molar-refractivity contribution in [2.24, 2.45) is 0 Å². The highest BCUT2D eigenvalue weighted by Crippen LogP contribution is 2.39. The van der Waals surface area contributed by atoms with E-state index >= 15 is 0 Å². The summed E-state index contributed by atoms with van der Waals surface area (Å²) in [4.78, 5) is 2.05. The Kier molecular flexibility index (Phi) is 7.46. The van der Waals surface area contributed by atoms with Crippen LogP contribution in [-0.4, -0.2) is 32.0 Å². The molecule has 0 fully saturated rings. The van der Waals surface area contributed by atoms with Gasteiger partial charge in [-0.1, -0.05) is 36.4 Å². The number of alkyl halides is 6. The van der Waals surface area contributed by atoms with Crippen LogP contribution in [0.4, 0.5) is 26.3 Å².